The number of piperazine rings is 1. The van der Waals surface area contributed by atoms with Crippen molar-refractivity contribution in [1.29, 1.82) is 0 Å². The number of rotatable bonds is 7. The maximum Gasteiger partial charge on any atom is 0.243 e. The first-order valence-electron chi connectivity index (χ1n) is 10.1. The molecule has 1 aliphatic heterocycles. The van der Waals surface area contributed by atoms with Crippen LogP contribution in [0.2, 0.25) is 0 Å². The van der Waals surface area contributed by atoms with Gasteiger partial charge in [0, 0.05) is 45.3 Å². The van der Waals surface area contributed by atoms with Gasteiger partial charge >= 0.3 is 0 Å². The van der Waals surface area contributed by atoms with Crippen LogP contribution in [0.25, 0.3) is 0 Å². The molecule has 2 N–H and O–H groups in total. The van der Waals surface area contributed by atoms with E-state index in [2.05, 4.69) is 15.5 Å². The molecule has 1 fully saturated rings. The number of benzene rings is 2. The number of anilines is 1. The molecule has 0 aliphatic carbocycles. The topological polar surface area (TPSA) is 98.8 Å². The van der Waals surface area contributed by atoms with Gasteiger partial charge in [-0.2, -0.15) is 4.31 Å². The standard InChI is InChI=1S/C22H28N4O4S/c1-17(27)24-20-7-3-18(4-8-20)15-22(28)23-16-19-5-9-21(10-6-19)31(29,30)26-13-11-25(2)12-14-26/h3-10H,11-16H2,1-2H3,(H,23,28)(H,24,27). The molecule has 0 spiro atoms. The lowest BCUT2D eigenvalue weighted by Gasteiger charge is -2.31. The van der Waals surface area contributed by atoms with Gasteiger partial charge in [0.25, 0.3) is 0 Å². The van der Waals surface area contributed by atoms with E-state index in [0.717, 1.165) is 24.2 Å². The Morgan fingerprint density at radius 2 is 1.48 bits per heavy atom. The first-order chi connectivity index (χ1) is 14.7. The third-order valence-electron chi connectivity index (χ3n) is 5.15. The Labute approximate surface area is 183 Å². The van der Waals surface area contributed by atoms with Crippen molar-refractivity contribution in [2.45, 2.75) is 24.8 Å². The molecule has 0 unspecified atom stereocenters. The van der Waals surface area contributed by atoms with E-state index < -0.39 is 10.0 Å². The highest BCUT2D eigenvalue weighted by Crippen LogP contribution is 2.18. The van der Waals surface area contributed by atoms with Crippen LogP contribution in [-0.4, -0.2) is 62.7 Å². The summed E-state index contributed by atoms with van der Waals surface area (Å²) in [5.74, 6) is -0.283. The maximum absolute atomic E-state index is 12.8. The third-order valence-corrected chi connectivity index (χ3v) is 7.06. The molecule has 3 rings (SSSR count). The molecule has 0 bridgehead atoms. The van der Waals surface area contributed by atoms with E-state index in [-0.39, 0.29) is 23.1 Å². The molecule has 1 heterocycles. The van der Waals surface area contributed by atoms with Gasteiger partial charge in [-0.1, -0.05) is 24.3 Å². The molecule has 0 aromatic heterocycles. The molecular weight excluding hydrogens is 416 g/mol. The minimum absolute atomic E-state index is 0.138. The summed E-state index contributed by atoms with van der Waals surface area (Å²) in [5, 5.41) is 5.53. The number of carbonyl (C=O) groups excluding carboxylic acids is 2. The summed E-state index contributed by atoms with van der Waals surface area (Å²) in [5.41, 5.74) is 2.34. The Bertz CT molecular complexity index is 1010. The minimum atomic E-state index is -3.49. The van der Waals surface area contributed by atoms with Crippen LogP contribution in [0.3, 0.4) is 0 Å². The minimum Gasteiger partial charge on any atom is -0.352 e. The lowest BCUT2D eigenvalue weighted by molar-refractivity contribution is -0.120. The van der Waals surface area contributed by atoms with Gasteiger partial charge < -0.3 is 15.5 Å². The first kappa shape index (κ1) is 22.9. The van der Waals surface area contributed by atoms with Crippen LogP contribution < -0.4 is 10.6 Å². The van der Waals surface area contributed by atoms with E-state index in [1.807, 2.05) is 7.05 Å². The summed E-state index contributed by atoms with van der Waals surface area (Å²) in [7, 11) is -1.51. The predicted octanol–water partition coefficient (Wildman–Crippen LogP) is 1.44. The average molecular weight is 445 g/mol. The lowest BCUT2D eigenvalue weighted by atomic mass is 10.1. The van der Waals surface area contributed by atoms with Crippen molar-refractivity contribution in [3.05, 3.63) is 59.7 Å². The van der Waals surface area contributed by atoms with Crippen LogP contribution in [-0.2, 0) is 32.6 Å². The third kappa shape index (κ3) is 6.36. The van der Waals surface area contributed by atoms with Crippen LogP contribution in [0.15, 0.2) is 53.4 Å². The molecule has 31 heavy (non-hydrogen) atoms. The Balaban J connectivity index is 1.51. The molecule has 0 saturated carbocycles. The van der Waals surface area contributed by atoms with Gasteiger partial charge in [0.1, 0.15) is 0 Å². The molecule has 2 aromatic carbocycles. The van der Waals surface area contributed by atoms with Gasteiger partial charge in [0.2, 0.25) is 21.8 Å². The molecule has 2 amide bonds. The van der Waals surface area contributed by atoms with Crippen LogP contribution in [0.5, 0.6) is 0 Å². The number of amides is 2. The van der Waals surface area contributed by atoms with Crippen molar-refractivity contribution in [2.75, 3.05) is 38.5 Å². The summed E-state index contributed by atoms with van der Waals surface area (Å²) in [6.45, 7) is 4.18. The molecule has 9 heteroatoms. The zero-order valence-corrected chi connectivity index (χ0v) is 18.6. The number of hydrogen-bond acceptors (Lipinski definition) is 5. The smallest absolute Gasteiger partial charge is 0.243 e. The van der Waals surface area contributed by atoms with Gasteiger partial charge in [-0.3, -0.25) is 9.59 Å². The van der Waals surface area contributed by atoms with Gasteiger partial charge in [0.15, 0.2) is 0 Å². The predicted molar refractivity (Wildman–Crippen MR) is 119 cm³/mol. The number of hydrogen-bond donors (Lipinski definition) is 2. The number of likely N-dealkylation sites (N-methyl/N-ethyl adjacent to an activating group) is 1. The molecule has 0 atom stereocenters. The monoisotopic (exact) mass is 444 g/mol. The maximum atomic E-state index is 12.8. The molecule has 1 aliphatic rings. The lowest BCUT2D eigenvalue weighted by Crippen LogP contribution is -2.47. The second-order valence-electron chi connectivity index (χ2n) is 7.68. The highest BCUT2D eigenvalue weighted by Gasteiger charge is 2.27. The Morgan fingerprint density at radius 1 is 0.903 bits per heavy atom. The van der Waals surface area contributed by atoms with E-state index in [0.29, 0.717) is 25.3 Å². The largest absolute Gasteiger partial charge is 0.352 e. The van der Waals surface area contributed by atoms with E-state index in [1.54, 1.807) is 48.5 Å². The fourth-order valence-corrected chi connectivity index (χ4v) is 4.74. The Hall–Kier alpha value is -2.75. The van der Waals surface area contributed by atoms with Crippen molar-refractivity contribution >= 4 is 27.5 Å². The van der Waals surface area contributed by atoms with Gasteiger partial charge in [-0.05, 0) is 42.4 Å². The quantitative estimate of drug-likeness (QED) is 0.673. The van der Waals surface area contributed by atoms with Gasteiger partial charge in [0.05, 0.1) is 11.3 Å². The highest BCUT2D eigenvalue weighted by atomic mass is 32.2. The zero-order chi connectivity index (χ0) is 22.4. The van der Waals surface area contributed by atoms with Crippen LogP contribution >= 0.6 is 0 Å². The SMILES string of the molecule is CC(=O)Nc1ccc(CC(=O)NCc2ccc(S(=O)(=O)N3CCN(C)CC3)cc2)cc1. The molecule has 166 valence electrons. The van der Waals surface area contributed by atoms with Crippen LogP contribution in [0, 0.1) is 0 Å². The normalized spacial score (nSPS) is 15.4. The van der Waals surface area contributed by atoms with Crippen molar-refractivity contribution in [1.82, 2.24) is 14.5 Å². The Kier molecular flexibility index (Phi) is 7.42. The second-order valence-corrected chi connectivity index (χ2v) is 9.62. The van der Waals surface area contributed by atoms with Crippen LogP contribution in [0.1, 0.15) is 18.1 Å². The van der Waals surface area contributed by atoms with E-state index in [9.17, 15) is 18.0 Å². The van der Waals surface area contributed by atoms with E-state index in [4.69, 9.17) is 0 Å². The van der Waals surface area contributed by atoms with Crippen molar-refractivity contribution in [3.8, 4) is 0 Å². The molecule has 0 radical (unpaired) electrons. The number of nitrogens with zero attached hydrogens (tertiary/aromatic N) is 2. The summed E-state index contributed by atoms with van der Waals surface area (Å²) >= 11 is 0. The Morgan fingerprint density at radius 3 is 2.06 bits per heavy atom. The molecular formula is C22H28N4O4S. The van der Waals surface area contributed by atoms with E-state index >= 15 is 0 Å². The van der Waals surface area contributed by atoms with Crippen LogP contribution in [0.4, 0.5) is 5.69 Å². The van der Waals surface area contributed by atoms with E-state index in [1.165, 1.54) is 11.2 Å². The number of nitrogens with one attached hydrogen (secondary N) is 2. The average Bonchev–Trinajstić information content (AvgIpc) is 2.74. The molecule has 2 aromatic rings. The van der Waals surface area contributed by atoms with Crippen molar-refractivity contribution in [3.63, 3.8) is 0 Å². The number of carbonyl (C=O) groups is 2. The second kappa shape index (κ2) is 10.0. The van der Waals surface area contributed by atoms with Crippen molar-refractivity contribution in [2.24, 2.45) is 0 Å². The van der Waals surface area contributed by atoms with Crippen molar-refractivity contribution < 1.29 is 18.0 Å². The van der Waals surface area contributed by atoms with Gasteiger partial charge in [-0.25, -0.2) is 8.42 Å². The number of sulfonamides is 1. The summed E-state index contributed by atoms with van der Waals surface area (Å²) in [6.07, 6.45) is 0.218. The fraction of sp³-hybridized carbons (Fsp3) is 0.364. The highest BCUT2D eigenvalue weighted by molar-refractivity contribution is 7.89. The van der Waals surface area contributed by atoms with Gasteiger partial charge in [-0.15, -0.1) is 0 Å². The first-order valence-corrected chi connectivity index (χ1v) is 11.6. The zero-order valence-electron chi connectivity index (χ0n) is 17.8. The summed E-state index contributed by atoms with van der Waals surface area (Å²) in [4.78, 5) is 25.6. The molecule has 8 nitrogen and oxygen atoms in total. The summed E-state index contributed by atoms with van der Waals surface area (Å²) < 4.78 is 27.1. The fourth-order valence-electron chi connectivity index (χ4n) is 3.31. The molecule has 1 saturated heterocycles. The summed E-state index contributed by atoms with van der Waals surface area (Å²) in [6, 6.07) is 13.7.